The Morgan fingerprint density at radius 3 is 2.14 bits per heavy atom. The largest absolute Gasteiger partial charge is 0.394 e. The maximum atomic E-state index is 9.49. The third kappa shape index (κ3) is 2.13. The molecule has 0 aromatic carbocycles. The fraction of sp³-hybridized carbons (Fsp3) is 0.778. The summed E-state index contributed by atoms with van der Waals surface area (Å²) in [5.74, 6) is 0. The van der Waals surface area contributed by atoms with Gasteiger partial charge in [0, 0.05) is 0 Å². The van der Waals surface area contributed by atoms with Crippen LogP contribution >= 0.6 is 0 Å². The Hall–Kier alpha value is -0.460. The molecule has 5 nitrogen and oxygen atoms in total. The Morgan fingerprint density at radius 1 is 1.07 bits per heavy atom. The lowest BCUT2D eigenvalue weighted by Crippen LogP contribution is -2.58. The third-order valence-electron chi connectivity index (χ3n) is 2.39. The Bertz CT molecular complexity index is 194. The first-order valence-corrected chi connectivity index (χ1v) is 4.53. The van der Waals surface area contributed by atoms with Gasteiger partial charge in [0.25, 0.3) is 0 Å². The second-order valence-electron chi connectivity index (χ2n) is 3.39. The summed E-state index contributed by atoms with van der Waals surface area (Å²) in [6.45, 7) is 3.10. The van der Waals surface area contributed by atoms with Gasteiger partial charge in [-0.2, -0.15) is 0 Å². The van der Waals surface area contributed by atoms with E-state index in [2.05, 4.69) is 6.58 Å². The predicted octanol–water partition coefficient (Wildman–Crippen LogP) is -1.60. The minimum Gasteiger partial charge on any atom is -0.394 e. The van der Waals surface area contributed by atoms with Crippen LogP contribution in [0.5, 0.6) is 0 Å². The third-order valence-corrected chi connectivity index (χ3v) is 2.39. The van der Waals surface area contributed by atoms with Gasteiger partial charge in [0.2, 0.25) is 0 Å². The molecule has 0 aromatic heterocycles. The van der Waals surface area contributed by atoms with Crippen LogP contribution < -0.4 is 0 Å². The predicted molar refractivity (Wildman–Crippen MR) is 48.6 cm³/mol. The summed E-state index contributed by atoms with van der Waals surface area (Å²) >= 11 is 0. The van der Waals surface area contributed by atoms with Crippen LogP contribution in [0, 0.1) is 0 Å². The van der Waals surface area contributed by atoms with Crippen LogP contribution in [0.1, 0.15) is 6.42 Å². The molecule has 1 fully saturated rings. The summed E-state index contributed by atoms with van der Waals surface area (Å²) in [5, 5.41) is 37.1. The lowest BCUT2D eigenvalue weighted by molar-refractivity contribution is -0.227. The van der Waals surface area contributed by atoms with Crippen molar-refractivity contribution < 1.29 is 25.2 Å². The Kier molecular flexibility index (Phi) is 4.03. The molecule has 82 valence electrons. The number of hydrogen-bond donors (Lipinski definition) is 4. The van der Waals surface area contributed by atoms with E-state index < -0.39 is 37.1 Å². The summed E-state index contributed by atoms with van der Waals surface area (Å²) in [7, 11) is 0. The van der Waals surface area contributed by atoms with Gasteiger partial charge >= 0.3 is 0 Å². The molecule has 0 aliphatic carbocycles. The Balaban J connectivity index is 2.67. The molecule has 1 rings (SSSR count). The van der Waals surface area contributed by atoms with E-state index in [9.17, 15) is 15.3 Å². The molecule has 5 atom stereocenters. The van der Waals surface area contributed by atoms with Crippen molar-refractivity contribution in [2.45, 2.75) is 36.9 Å². The molecule has 1 unspecified atom stereocenters. The van der Waals surface area contributed by atoms with Crippen molar-refractivity contribution in [3.05, 3.63) is 12.7 Å². The van der Waals surface area contributed by atoms with E-state index in [1.807, 2.05) is 0 Å². The Labute approximate surface area is 82.3 Å². The molecule has 0 bridgehead atoms. The summed E-state index contributed by atoms with van der Waals surface area (Å²) in [6.07, 6.45) is -3.25. The first kappa shape index (κ1) is 11.6. The van der Waals surface area contributed by atoms with Crippen LogP contribution in [0.4, 0.5) is 0 Å². The maximum absolute atomic E-state index is 9.49. The summed E-state index contributed by atoms with van der Waals surface area (Å²) in [6, 6.07) is 0. The fourth-order valence-electron chi connectivity index (χ4n) is 1.54. The Morgan fingerprint density at radius 2 is 1.64 bits per heavy atom. The normalized spacial score (nSPS) is 43.6. The van der Waals surface area contributed by atoms with E-state index in [1.165, 1.54) is 0 Å². The number of rotatable bonds is 3. The number of aliphatic hydroxyl groups is 4. The molecule has 1 saturated heterocycles. The quantitative estimate of drug-likeness (QED) is 0.416. The summed E-state index contributed by atoms with van der Waals surface area (Å²) < 4.78 is 5.19. The molecule has 1 aliphatic heterocycles. The molecule has 14 heavy (non-hydrogen) atoms. The molecule has 4 N–H and O–H groups in total. The standard InChI is InChI=1S/C9H16O5/c1-2-3-5-7(11)9(13)8(12)6(4-10)14-5/h2,5-13H,1,3-4H2/t5?,6-,7+,8-,9-/m1/s1. The van der Waals surface area contributed by atoms with E-state index in [-0.39, 0.29) is 0 Å². The first-order valence-electron chi connectivity index (χ1n) is 4.53. The molecule has 5 heteroatoms. The molecule has 0 spiro atoms. The smallest absolute Gasteiger partial charge is 0.111 e. The van der Waals surface area contributed by atoms with E-state index >= 15 is 0 Å². The minimum absolute atomic E-state index is 0.363. The molecule has 0 radical (unpaired) electrons. The highest BCUT2D eigenvalue weighted by Crippen LogP contribution is 2.22. The van der Waals surface area contributed by atoms with Crippen molar-refractivity contribution in [3.8, 4) is 0 Å². The van der Waals surface area contributed by atoms with Gasteiger partial charge < -0.3 is 25.2 Å². The van der Waals surface area contributed by atoms with Gasteiger partial charge in [0.15, 0.2) is 0 Å². The van der Waals surface area contributed by atoms with Crippen molar-refractivity contribution in [1.29, 1.82) is 0 Å². The summed E-state index contributed by atoms with van der Waals surface area (Å²) in [4.78, 5) is 0. The van der Waals surface area contributed by atoms with Gasteiger partial charge in [-0.25, -0.2) is 0 Å². The van der Waals surface area contributed by atoms with E-state index in [0.29, 0.717) is 6.42 Å². The van der Waals surface area contributed by atoms with Crippen molar-refractivity contribution in [1.82, 2.24) is 0 Å². The van der Waals surface area contributed by atoms with Crippen molar-refractivity contribution in [2.75, 3.05) is 6.61 Å². The van der Waals surface area contributed by atoms with Gasteiger partial charge in [-0.15, -0.1) is 6.58 Å². The number of ether oxygens (including phenoxy) is 1. The molecule has 1 heterocycles. The van der Waals surface area contributed by atoms with Gasteiger partial charge in [0.1, 0.15) is 24.4 Å². The molecule has 0 amide bonds. The topological polar surface area (TPSA) is 90.2 Å². The fourth-order valence-corrected chi connectivity index (χ4v) is 1.54. The van der Waals surface area contributed by atoms with Gasteiger partial charge in [-0.05, 0) is 6.42 Å². The average Bonchev–Trinajstić information content (AvgIpc) is 2.19. The molecule has 0 saturated carbocycles. The molecular weight excluding hydrogens is 188 g/mol. The van der Waals surface area contributed by atoms with Crippen LogP contribution in [0.2, 0.25) is 0 Å². The van der Waals surface area contributed by atoms with Crippen LogP contribution in [0.3, 0.4) is 0 Å². The lowest BCUT2D eigenvalue weighted by Gasteiger charge is -2.39. The second-order valence-corrected chi connectivity index (χ2v) is 3.39. The van der Waals surface area contributed by atoms with Gasteiger partial charge in [-0.1, -0.05) is 6.08 Å². The molecular formula is C9H16O5. The van der Waals surface area contributed by atoms with Gasteiger partial charge in [0.05, 0.1) is 12.7 Å². The number of hydrogen-bond acceptors (Lipinski definition) is 5. The SMILES string of the molecule is C=CCC1O[C@H](CO)[C@@H](O)[C@H](O)[C@H]1O. The highest BCUT2D eigenvalue weighted by atomic mass is 16.5. The highest BCUT2D eigenvalue weighted by Gasteiger charge is 2.42. The molecule has 0 aromatic rings. The monoisotopic (exact) mass is 204 g/mol. The summed E-state index contributed by atoms with van der Waals surface area (Å²) in [5.41, 5.74) is 0. The zero-order valence-electron chi connectivity index (χ0n) is 7.78. The second kappa shape index (κ2) is 4.86. The van der Waals surface area contributed by atoms with E-state index in [4.69, 9.17) is 9.84 Å². The average molecular weight is 204 g/mol. The minimum atomic E-state index is -1.29. The van der Waals surface area contributed by atoms with E-state index in [1.54, 1.807) is 6.08 Å². The van der Waals surface area contributed by atoms with Crippen LogP contribution in [0.15, 0.2) is 12.7 Å². The van der Waals surface area contributed by atoms with Crippen LogP contribution in [0.25, 0.3) is 0 Å². The number of aliphatic hydroxyl groups excluding tert-OH is 4. The highest BCUT2D eigenvalue weighted by molar-refractivity contribution is 4.94. The van der Waals surface area contributed by atoms with Crippen molar-refractivity contribution >= 4 is 0 Å². The van der Waals surface area contributed by atoms with Crippen LogP contribution in [-0.4, -0.2) is 57.6 Å². The van der Waals surface area contributed by atoms with Crippen molar-refractivity contribution in [3.63, 3.8) is 0 Å². The maximum Gasteiger partial charge on any atom is 0.111 e. The van der Waals surface area contributed by atoms with Crippen LogP contribution in [-0.2, 0) is 4.74 Å². The van der Waals surface area contributed by atoms with Gasteiger partial charge in [-0.3, -0.25) is 0 Å². The molecule has 1 aliphatic rings. The zero-order chi connectivity index (χ0) is 10.7. The van der Waals surface area contributed by atoms with Crippen molar-refractivity contribution in [2.24, 2.45) is 0 Å². The first-order chi connectivity index (χ1) is 6.61. The lowest BCUT2D eigenvalue weighted by atomic mass is 9.94. The van der Waals surface area contributed by atoms with E-state index in [0.717, 1.165) is 0 Å². The zero-order valence-corrected chi connectivity index (χ0v) is 7.78.